The first-order valence-corrected chi connectivity index (χ1v) is 47.5. The van der Waals surface area contributed by atoms with Crippen LogP contribution < -0.4 is 73.7 Å². The van der Waals surface area contributed by atoms with Crippen LogP contribution in [-0.2, 0) is 63.2 Å². The number of hydrogen-bond acceptors (Lipinski definition) is 10. The van der Waals surface area contributed by atoms with Crippen LogP contribution in [0.4, 0.5) is 62.6 Å². The summed E-state index contributed by atoms with van der Waals surface area (Å²) in [5, 5.41) is 4.68. The van der Waals surface area contributed by atoms with Gasteiger partial charge in [-0.05, 0) is 186 Å². The Hall–Kier alpha value is -15.0. The molecule has 0 spiro atoms. The Morgan fingerprint density at radius 3 is 1.19 bits per heavy atom. The average molecular weight is 2370 g/mol. The molecule has 0 aliphatic carbocycles. The topological polar surface area (TPSA) is 76.1 Å². The van der Waals surface area contributed by atoms with Crippen LogP contribution in [0.15, 0.2) is 420 Å². The van der Waals surface area contributed by atoms with Crippen LogP contribution in [0.25, 0.3) is 83.4 Å². The van der Waals surface area contributed by atoms with Crippen LogP contribution >= 0.6 is 0 Å². The van der Waals surface area contributed by atoms with Gasteiger partial charge in [-0.1, -0.05) is 226 Å². The standard InChI is InChI=1S/C50H40BN5.C41H25BN3.C32H26BN5.3Pt/c1-33(2)38-18-14-19-39(34(3)4)49(38)54-30-29-53-50(54)35-24-27-46-43(31-35)51(42-20-9-11-22-45(42)55(46)37-15-6-5-7-16-37)36-25-26-41-40-17-8-10-21-44(40)56(47(41)32-36)48-23-12-13-28-52-48;1-3-13-29(14-4-1)30-22-25-39-36(27-30)42(35-18-8-10-20-38(35)44(39)32-15-5-2-6-16-32)31-23-24-34-33-17-7-9-19-37(33)45(40(34)28-31)41-21-11-12-26-43-41;1-34-17-19-36(23-34)27-12-8-9-25(21-27)33-29-13-6-7-14-31(29)38(26-10-4-3-5-11-26)32-16-15-28(22-30(32)33)37-20-18-35(2)24-37;;;/h5-30,33-34H,1-4H3;1-13,15-26H;3-20,23-24H,1-2H3;;;/q-2;-3;-4;;+2;+4. The molecule has 5 aliphatic heterocycles. The summed E-state index contributed by atoms with van der Waals surface area (Å²) in [5.41, 5.74) is 33.5. The summed E-state index contributed by atoms with van der Waals surface area (Å²) in [5.74, 6) is 3.32. The van der Waals surface area contributed by atoms with E-state index in [-0.39, 0.29) is 83.3 Å². The number of pyridine rings is 2. The van der Waals surface area contributed by atoms with E-state index in [2.05, 4.69) is 474 Å². The number of anilines is 11. The van der Waals surface area contributed by atoms with Gasteiger partial charge in [-0.15, -0.1) is 81.1 Å². The molecule has 10 heterocycles. The number of aromatic nitrogens is 6. The fourth-order valence-corrected chi connectivity index (χ4v) is 21.0. The van der Waals surface area contributed by atoms with Crippen molar-refractivity contribution >= 4 is 175 Å². The van der Waals surface area contributed by atoms with Gasteiger partial charge in [0.15, 0.2) is 6.71 Å². The van der Waals surface area contributed by atoms with Gasteiger partial charge in [0.1, 0.15) is 11.6 Å². The van der Waals surface area contributed by atoms with E-state index in [1.165, 1.54) is 49.7 Å². The van der Waals surface area contributed by atoms with E-state index >= 15 is 0 Å². The molecule has 0 N–H and O–H groups in total. The second-order valence-electron chi connectivity index (χ2n) is 36.4. The van der Waals surface area contributed by atoms with Crippen LogP contribution in [0, 0.1) is 55.8 Å². The van der Waals surface area contributed by atoms with Gasteiger partial charge < -0.3 is 48.0 Å². The Bertz CT molecular complexity index is 8260. The molecule has 0 amide bonds. The molecule has 0 bridgehead atoms. The molecule has 26 rings (SSSR count). The van der Waals surface area contributed by atoms with E-state index in [1.54, 1.807) is 0 Å². The van der Waals surface area contributed by atoms with Gasteiger partial charge in [-0.2, -0.15) is 138 Å². The summed E-state index contributed by atoms with van der Waals surface area (Å²) >= 11 is 0. The maximum Gasteiger partial charge on any atom is 4.00 e. The van der Waals surface area contributed by atoms with Crippen molar-refractivity contribution < 1.29 is 63.2 Å². The van der Waals surface area contributed by atoms with Gasteiger partial charge in [0.25, 0.3) is 0 Å². The third-order valence-corrected chi connectivity index (χ3v) is 27.2. The molecular weight excluding hydrogens is 2280 g/mol. The summed E-state index contributed by atoms with van der Waals surface area (Å²) in [6.45, 7) is 12.9. The van der Waals surface area contributed by atoms with Gasteiger partial charge in [-0.3, -0.25) is 4.98 Å². The van der Waals surface area contributed by atoms with Crippen molar-refractivity contribution in [2.45, 2.75) is 39.5 Å². The number of para-hydroxylation sites is 9. The van der Waals surface area contributed by atoms with Gasteiger partial charge in [0, 0.05) is 96.7 Å². The minimum atomic E-state index is -0.154. The first-order chi connectivity index (χ1) is 68.5. The Morgan fingerprint density at radius 1 is 0.317 bits per heavy atom. The number of fused-ring (bicyclic) bond motifs is 12. The SMILES string of the molecule is CC(C)c1cccc(C(C)C)c1-n1ccnc1-c1[c-]c2c(cc1)N(c1ccccc1)c1ccccc1B2c1[c-]c2c(cc1)c1ccccc1n2-c1ccccn1.CN1C=CN(c2[c-]c(B3c4[c-]c(N5C=CN(C)[CH-]5)ccc4N(c4ccccc4)c4ccccc43)ccc2)[CH-]1.[Pt+2].[Pt+4].[Pt].[c-]1ccccc1-c1[c-]c2c(cc1)N(c1ccccc1)c1ccccc1B2c1[c-]c2c(cc1)c1ccccc1n2-c1ccccn1. The van der Waals surface area contributed by atoms with Crippen molar-refractivity contribution in [3.63, 3.8) is 0 Å². The Labute approximate surface area is 874 Å². The minimum Gasteiger partial charge on any atom is -0.510 e. The molecule has 16 aromatic carbocycles. The van der Waals surface area contributed by atoms with Gasteiger partial charge in [-0.25, -0.2) is 21.1 Å². The van der Waals surface area contributed by atoms with E-state index in [0.29, 0.717) is 11.8 Å². The fourth-order valence-electron chi connectivity index (χ4n) is 21.0. The number of imidazole rings is 1. The van der Waals surface area contributed by atoms with Gasteiger partial charge in [0.2, 0.25) is 13.4 Å². The molecule has 5 aromatic heterocycles. The fraction of sp³-hybridized carbons (Fsp3) is 0.0650. The van der Waals surface area contributed by atoms with Crippen molar-refractivity contribution in [1.82, 2.24) is 38.5 Å². The molecule has 0 atom stereocenters. The normalized spacial score (nSPS) is 13.1. The molecule has 5 aliphatic rings. The molecule has 0 unspecified atom stereocenters. The number of benzene rings is 16. The summed E-state index contributed by atoms with van der Waals surface area (Å²) in [4.78, 5) is 30.0. The summed E-state index contributed by atoms with van der Waals surface area (Å²) in [6.07, 6.45) is 16.0. The van der Waals surface area contributed by atoms with Crippen molar-refractivity contribution in [3.05, 3.63) is 487 Å². The van der Waals surface area contributed by atoms with E-state index < -0.39 is 0 Å². The zero-order valence-electron chi connectivity index (χ0n) is 78.6. The van der Waals surface area contributed by atoms with Crippen molar-refractivity contribution in [1.29, 1.82) is 0 Å². The zero-order valence-corrected chi connectivity index (χ0v) is 85.5. The molecule has 21 aromatic rings. The summed E-state index contributed by atoms with van der Waals surface area (Å²) < 4.78 is 6.77. The summed E-state index contributed by atoms with van der Waals surface area (Å²) in [6, 6.07) is 158. The minimum absolute atomic E-state index is 0. The molecule has 0 saturated carbocycles. The summed E-state index contributed by atoms with van der Waals surface area (Å²) in [7, 11) is 4.07. The Balaban J connectivity index is 0.000000127. The smallest absolute Gasteiger partial charge is 0.510 e. The quantitative estimate of drug-likeness (QED) is 0.0732. The van der Waals surface area contributed by atoms with E-state index in [0.717, 1.165) is 157 Å². The Kier molecular flexibility index (Phi) is 26.2. The molecule has 0 radical (unpaired) electrons. The molecule has 142 heavy (non-hydrogen) atoms. The third-order valence-electron chi connectivity index (χ3n) is 27.2. The van der Waals surface area contributed by atoms with E-state index in [4.69, 9.17) is 15.0 Å². The van der Waals surface area contributed by atoms with Gasteiger partial charge in [0.05, 0.1) is 5.82 Å². The largest absolute Gasteiger partial charge is 4.00 e. The average Bonchev–Trinajstić information content (AvgIpc) is 1.09. The second kappa shape index (κ2) is 39.9. The maximum absolute atomic E-state index is 5.04. The molecule has 13 nitrogen and oxygen atoms in total. The molecule has 0 saturated heterocycles. The first kappa shape index (κ1) is 93.3. The third kappa shape index (κ3) is 16.9. The number of hydrogen-bond donors (Lipinski definition) is 0. The van der Waals surface area contributed by atoms with Crippen molar-refractivity contribution in [2.24, 2.45) is 0 Å². The van der Waals surface area contributed by atoms with Crippen LogP contribution in [0.2, 0.25) is 0 Å². The zero-order chi connectivity index (χ0) is 93.3. The Morgan fingerprint density at radius 2 is 0.732 bits per heavy atom. The molecule has 0 fully saturated rings. The second-order valence-corrected chi connectivity index (χ2v) is 36.4. The van der Waals surface area contributed by atoms with Crippen LogP contribution in [0.1, 0.15) is 50.7 Å². The van der Waals surface area contributed by atoms with E-state index in [1.807, 2.05) is 91.3 Å². The number of rotatable bonds is 15. The predicted molar refractivity (Wildman–Crippen MR) is 576 cm³/mol. The molecular formula is C123H91B3N13Pt3-3. The molecule has 19 heteroatoms. The van der Waals surface area contributed by atoms with E-state index in [9.17, 15) is 0 Å². The van der Waals surface area contributed by atoms with Crippen molar-refractivity contribution in [3.8, 4) is 39.8 Å². The van der Waals surface area contributed by atoms with Crippen LogP contribution in [-0.4, -0.2) is 72.7 Å². The molecule has 690 valence electrons. The first-order valence-electron chi connectivity index (χ1n) is 47.5. The maximum atomic E-state index is 5.04. The van der Waals surface area contributed by atoms with Gasteiger partial charge >= 0.3 is 42.1 Å². The number of nitrogens with zero attached hydrogens (tertiary/aromatic N) is 13. The van der Waals surface area contributed by atoms with Crippen LogP contribution in [0.3, 0.4) is 0 Å². The predicted octanol–water partition coefficient (Wildman–Crippen LogP) is 22.0. The van der Waals surface area contributed by atoms with Crippen LogP contribution in [0.5, 0.6) is 0 Å². The monoisotopic (exact) mass is 2370 g/mol. The van der Waals surface area contributed by atoms with Crippen molar-refractivity contribution in [2.75, 3.05) is 38.6 Å².